The molecule has 0 spiro atoms. The maximum Gasteiger partial charge on any atom is 0.294 e. The summed E-state index contributed by atoms with van der Waals surface area (Å²) in [7, 11) is -4.39. The summed E-state index contributed by atoms with van der Waals surface area (Å²) in [5.41, 5.74) is 14.8. The van der Waals surface area contributed by atoms with E-state index in [0.29, 0.717) is 28.4 Å². The Kier molecular flexibility index (Phi) is 3.64. The van der Waals surface area contributed by atoms with Crippen LogP contribution in [0.2, 0.25) is 0 Å². The number of nitrogen functional groups attached to an aromatic ring is 2. The predicted octanol–water partition coefficient (Wildman–Crippen LogP) is 3.38. The Morgan fingerprint density at radius 3 is 1.88 bits per heavy atom. The van der Waals surface area contributed by atoms with Crippen LogP contribution in [0.25, 0.3) is 0 Å². The molecule has 1 heterocycles. The molecule has 0 radical (unpaired) electrons. The van der Waals surface area contributed by atoms with Gasteiger partial charge in [-0.3, -0.25) is 4.55 Å². The molecule has 0 amide bonds. The van der Waals surface area contributed by atoms with Crippen molar-refractivity contribution in [3.8, 4) is 11.5 Å². The van der Waals surface area contributed by atoms with Gasteiger partial charge in [0.1, 0.15) is 11.5 Å². The van der Waals surface area contributed by atoms with Crippen LogP contribution in [0.5, 0.6) is 11.5 Å². The van der Waals surface area contributed by atoms with E-state index in [-0.39, 0.29) is 4.90 Å². The van der Waals surface area contributed by atoms with E-state index in [1.807, 2.05) is 0 Å². The molecule has 0 saturated carbocycles. The fourth-order valence-corrected chi connectivity index (χ4v) is 4.06. The fourth-order valence-electron chi connectivity index (χ4n) is 3.33. The van der Waals surface area contributed by atoms with Gasteiger partial charge < -0.3 is 16.2 Å². The third kappa shape index (κ3) is 2.67. The van der Waals surface area contributed by atoms with Crippen LogP contribution in [-0.4, -0.2) is 13.0 Å². The Labute approximate surface area is 150 Å². The van der Waals surface area contributed by atoms with Crippen molar-refractivity contribution < 1.29 is 17.7 Å². The Hall–Kier alpha value is -3.03. The zero-order valence-corrected chi connectivity index (χ0v) is 14.4. The summed E-state index contributed by atoms with van der Waals surface area (Å²) in [6.45, 7) is 0. The summed E-state index contributed by atoms with van der Waals surface area (Å²) < 4.78 is 39.5. The maximum absolute atomic E-state index is 11.9. The van der Waals surface area contributed by atoms with Gasteiger partial charge in [-0.1, -0.05) is 30.3 Å². The van der Waals surface area contributed by atoms with E-state index < -0.39 is 16.0 Å². The quantitative estimate of drug-likeness (QED) is 0.369. The standard InChI is InChI=1S/C19H16N2O4S/c20-11-5-7-13-16(9-11)25-17-10-12(21)6-8-14(17)19(13)15-3-1-2-4-18(15)26(22,23)24/h1-10,19H,20-21H2,(H,22,23,24). The average Bonchev–Trinajstić information content (AvgIpc) is 2.58. The molecule has 0 aliphatic carbocycles. The van der Waals surface area contributed by atoms with Gasteiger partial charge in [-0.25, -0.2) is 0 Å². The minimum Gasteiger partial charge on any atom is -0.457 e. The summed E-state index contributed by atoms with van der Waals surface area (Å²) >= 11 is 0. The first-order valence-corrected chi connectivity index (χ1v) is 9.32. The van der Waals surface area contributed by atoms with E-state index in [4.69, 9.17) is 16.2 Å². The second kappa shape index (κ2) is 5.76. The molecule has 132 valence electrons. The van der Waals surface area contributed by atoms with Gasteiger partial charge in [0.2, 0.25) is 0 Å². The van der Waals surface area contributed by atoms with E-state index in [0.717, 1.165) is 11.1 Å². The Balaban J connectivity index is 2.04. The van der Waals surface area contributed by atoms with Gasteiger partial charge >= 0.3 is 0 Å². The first-order valence-electron chi connectivity index (χ1n) is 7.88. The van der Waals surface area contributed by atoms with Crippen molar-refractivity contribution in [3.63, 3.8) is 0 Å². The van der Waals surface area contributed by atoms with Gasteiger partial charge in [0, 0.05) is 40.6 Å². The maximum atomic E-state index is 11.9. The molecule has 6 nitrogen and oxygen atoms in total. The van der Waals surface area contributed by atoms with Crippen molar-refractivity contribution in [3.05, 3.63) is 77.4 Å². The van der Waals surface area contributed by atoms with Crippen molar-refractivity contribution in [1.29, 1.82) is 0 Å². The highest BCUT2D eigenvalue weighted by Crippen LogP contribution is 2.49. The monoisotopic (exact) mass is 368 g/mol. The zero-order valence-electron chi connectivity index (χ0n) is 13.6. The summed E-state index contributed by atoms with van der Waals surface area (Å²) in [4.78, 5) is -0.141. The highest BCUT2D eigenvalue weighted by Gasteiger charge is 2.32. The van der Waals surface area contributed by atoms with Gasteiger partial charge in [-0.05, 0) is 23.8 Å². The van der Waals surface area contributed by atoms with E-state index in [9.17, 15) is 13.0 Å². The first kappa shape index (κ1) is 16.4. The second-order valence-electron chi connectivity index (χ2n) is 6.14. The minimum absolute atomic E-state index is 0.141. The molecule has 0 atom stereocenters. The second-order valence-corrected chi connectivity index (χ2v) is 7.53. The molecule has 7 heteroatoms. The highest BCUT2D eigenvalue weighted by molar-refractivity contribution is 7.85. The summed E-state index contributed by atoms with van der Waals surface area (Å²) in [5.74, 6) is 0.601. The highest BCUT2D eigenvalue weighted by atomic mass is 32.2. The number of hydrogen-bond donors (Lipinski definition) is 3. The molecule has 4 rings (SSSR count). The third-order valence-corrected chi connectivity index (χ3v) is 5.35. The van der Waals surface area contributed by atoms with Crippen LogP contribution in [0.15, 0.2) is 65.6 Å². The zero-order chi connectivity index (χ0) is 18.5. The smallest absolute Gasteiger partial charge is 0.294 e. The van der Waals surface area contributed by atoms with Crippen molar-refractivity contribution in [2.45, 2.75) is 10.8 Å². The molecule has 3 aromatic rings. The molecular weight excluding hydrogens is 352 g/mol. The van der Waals surface area contributed by atoms with E-state index >= 15 is 0 Å². The molecule has 5 N–H and O–H groups in total. The third-order valence-electron chi connectivity index (χ3n) is 4.43. The van der Waals surface area contributed by atoms with Crippen molar-refractivity contribution in [2.24, 2.45) is 0 Å². The van der Waals surface area contributed by atoms with Gasteiger partial charge in [0.15, 0.2) is 0 Å². The molecule has 1 aliphatic heterocycles. The van der Waals surface area contributed by atoms with E-state index in [1.54, 1.807) is 54.6 Å². The molecule has 0 saturated heterocycles. The normalized spacial score (nSPS) is 13.6. The largest absolute Gasteiger partial charge is 0.457 e. The average molecular weight is 368 g/mol. The van der Waals surface area contributed by atoms with Gasteiger partial charge in [-0.2, -0.15) is 8.42 Å². The number of nitrogens with two attached hydrogens (primary N) is 2. The Morgan fingerprint density at radius 1 is 0.808 bits per heavy atom. The number of ether oxygens (including phenoxy) is 1. The molecule has 0 unspecified atom stereocenters. The number of benzene rings is 3. The molecular formula is C19H16N2O4S. The van der Waals surface area contributed by atoms with Crippen LogP contribution in [0, 0.1) is 0 Å². The SMILES string of the molecule is Nc1ccc2c(c1)Oc1cc(N)ccc1C2c1ccccc1S(=O)(=O)O. The van der Waals surface area contributed by atoms with Crippen LogP contribution in [0.4, 0.5) is 11.4 Å². The van der Waals surface area contributed by atoms with Gasteiger partial charge in [-0.15, -0.1) is 0 Å². The molecule has 0 aromatic heterocycles. The summed E-state index contributed by atoms with van der Waals surface area (Å²) in [5, 5.41) is 0. The van der Waals surface area contributed by atoms with Crippen molar-refractivity contribution >= 4 is 21.5 Å². The summed E-state index contributed by atoms with van der Waals surface area (Å²) in [6, 6.07) is 16.8. The number of rotatable bonds is 2. The molecule has 26 heavy (non-hydrogen) atoms. The Morgan fingerprint density at radius 2 is 1.35 bits per heavy atom. The summed E-state index contributed by atoms with van der Waals surface area (Å²) in [6.07, 6.45) is 0. The van der Waals surface area contributed by atoms with Gasteiger partial charge in [0.25, 0.3) is 10.1 Å². The lowest BCUT2D eigenvalue weighted by atomic mass is 9.82. The predicted molar refractivity (Wildman–Crippen MR) is 99.0 cm³/mol. The fraction of sp³-hybridized carbons (Fsp3) is 0.0526. The van der Waals surface area contributed by atoms with Crippen LogP contribution in [0.3, 0.4) is 0 Å². The van der Waals surface area contributed by atoms with Crippen LogP contribution >= 0.6 is 0 Å². The lowest BCUT2D eigenvalue weighted by Gasteiger charge is -2.30. The Bertz CT molecular complexity index is 1070. The number of hydrogen-bond acceptors (Lipinski definition) is 5. The lowest BCUT2D eigenvalue weighted by Crippen LogP contribution is -2.15. The van der Waals surface area contributed by atoms with Crippen LogP contribution in [-0.2, 0) is 10.1 Å². The number of fused-ring (bicyclic) bond motifs is 2. The number of anilines is 2. The minimum atomic E-state index is -4.39. The van der Waals surface area contributed by atoms with Crippen LogP contribution < -0.4 is 16.2 Å². The van der Waals surface area contributed by atoms with Crippen LogP contribution in [0.1, 0.15) is 22.6 Å². The topological polar surface area (TPSA) is 116 Å². The first-order chi connectivity index (χ1) is 12.3. The van der Waals surface area contributed by atoms with Crippen molar-refractivity contribution in [2.75, 3.05) is 11.5 Å². The molecule has 0 bridgehead atoms. The van der Waals surface area contributed by atoms with E-state index in [2.05, 4.69) is 0 Å². The lowest BCUT2D eigenvalue weighted by molar-refractivity contribution is 0.451. The molecule has 1 aliphatic rings. The van der Waals surface area contributed by atoms with Gasteiger partial charge in [0.05, 0.1) is 4.90 Å². The van der Waals surface area contributed by atoms with E-state index in [1.165, 1.54) is 6.07 Å². The molecule has 0 fully saturated rings. The van der Waals surface area contributed by atoms with Crippen molar-refractivity contribution in [1.82, 2.24) is 0 Å². The molecule has 3 aromatic carbocycles.